The molecule has 3 fully saturated rings. The highest BCUT2D eigenvalue weighted by Crippen LogP contribution is 2.46. The number of nitrogens with zero attached hydrogens (tertiary/aromatic N) is 3. The maximum absolute atomic E-state index is 14.5. The number of carbonyl (C=O) groups excluding carboxylic acids is 5. The number of piperazine rings is 1. The van der Waals surface area contributed by atoms with Crippen LogP contribution < -0.4 is 10.6 Å². The van der Waals surface area contributed by atoms with Gasteiger partial charge in [0.05, 0.1) is 18.0 Å². The molecule has 1 aromatic carbocycles. The van der Waals surface area contributed by atoms with E-state index < -0.39 is 64.2 Å². The molecule has 54 heavy (non-hydrogen) atoms. The molecule has 2 aliphatic heterocycles. The van der Waals surface area contributed by atoms with Gasteiger partial charge in [-0.1, -0.05) is 31.4 Å². The summed E-state index contributed by atoms with van der Waals surface area (Å²) < 4.78 is 25.3. The molecule has 1 aromatic rings. The number of hydrogen-bond donors (Lipinski definition) is 2. The van der Waals surface area contributed by atoms with Gasteiger partial charge in [-0.3, -0.25) is 19.3 Å². The largest absolute Gasteiger partial charge is 0.444 e. The summed E-state index contributed by atoms with van der Waals surface area (Å²) in [6, 6.07) is 2.97. The van der Waals surface area contributed by atoms with Crippen molar-refractivity contribution in [1.29, 1.82) is 0 Å². The van der Waals surface area contributed by atoms with E-state index >= 15 is 0 Å². The summed E-state index contributed by atoms with van der Waals surface area (Å²) in [6.07, 6.45) is 4.98. The lowest BCUT2D eigenvalue weighted by atomic mass is 9.63. The fourth-order valence-electron chi connectivity index (χ4n) is 7.91. The Hall–Kier alpha value is -3.90. The first-order valence-corrected chi connectivity index (χ1v) is 19.6. The Morgan fingerprint density at radius 2 is 1.35 bits per heavy atom. The van der Waals surface area contributed by atoms with Crippen molar-refractivity contribution in [1.82, 2.24) is 25.3 Å². The zero-order chi connectivity index (χ0) is 40.2. The normalized spacial score (nSPS) is 21.9. The predicted molar refractivity (Wildman–Crippen MR) is 204 cm³/mol. The van der Waals surface area contributed by atoms with Gasteiger partial charge in [-0.25, -0.2) is 14.0 Å². The lowest BCUT2D eigenvalue weighted by Gasteiger charge is -2.48. The van der Waals surface area contributed by atoms with Crippen LogP contribution in [-0.4, -0.2) is 106 Å². The Bertz CT molecular complexity index is 1500. The zero-order valence-corrected chi connectivity index (χ0v) is 34.2. The third kappa shape index (κ3) is 11.3. The van der Waals surface area contributed by atoms with E-state index in [-0.39, 0.29) is 37.2 Å². The van der Waals surface area contributed by atoms with Gasteiger partial charge in [-0.15, -0.1) is 0 Å². The average Bonchev–Trinajstić information content (AvgIpc) is 3.06. The minimum atomic E-state index is -1.20. The van der Waals surface area contributed by atoms with Gasteiger partial charge in [-0.05, 0) is 119 Å². The molecule has 0 aromatic heterocycles. The van der Waals surface area contributed by atoms with Gasteiger partial charge in [0.1, 0.15) is 29.1 Å². The van der Waals surface area contributed by atoms with Gasteiger partial charge in [0.2, 0.25) is 17.7 Å². The fraction of sp³-hybridized carbons (Fsp3) is 0.732. The molecule has 1 saturated carbocycles. The van der Waals surface area contributed by atoms with Crippen molar-refractivity contribution in [3.05, 3.63) is 35.6 Å². The van der Waals surface area contributed by atoms with Crippen LogP contribution in [0.4, 0.5) is 14.0 Å². The standard InChI is InChI=1S/C41H64FN5O7/c1-27-25-47(37(52)54-40(8,9)10)32(26-46(27)36(51)53-39(5,6)7)33(48)43-31(24-28-16-18-30(42)19-17-28)34(49)45-22-20-41(21-23-45,29-14-12-11-13-15-29)35(50)44-38(2,3)4/h16-19,27,29,31-32H,11-15,20-26H2,1-10H3,(H,43,48)(H,44,50)/t27?,31-,32?/m1/s1. The number of piperidine rings is 1. The summed E-state index contributed by atoms with van der Waals surface area (Å²) in [4.78, 5) is 74.2. The van der Waals surface area contributed by atoms with E-state index in [4.69, 9.17) is 9.47 Å². The second-order valence-electron chi connectivity index (χ2n) is 18.5. The quantitative estimate of drug-likeness (QED) is 0.338. The van der Waals surface area contributed by atoms with Gasteiger partial charge in [-0.2, -0.15) is 0 Å². The number of likely N-dealkylation sites (tertiary alicyclic amines) is 1. The van der Waals surface area contributed by atoms with Crippen molar-refractivity contribution >= 4 is 29.9 Å². The maximum atomic E-state index is 14.5. The minimum absolute atomic E-state index is 0.00514. The Balaban J connectivity index is 1.62. The van der Waals surface area contributed by atoms with E-state index in [1.807, 2.05) is 20.8 Å². The van der Waals surface area contributed by atoms with Crippen LogP contribution in [0.25, 0.3) is 0 Å². The molecule has 0 spiro atoms. The molecule has 13 heteroatoms. The second kappa shape index (κ2) is 16.9. The van der Waals surface area contributed by atoms with Gasteiger partial charge in [0, 0.05) is 31.6 Å². The third-order valence-corrected chi connectivity index (χ3v) is 10.6. The monoisotopic (exact) mass is 757 g/mol. The molecule has 0 bridgehead atoms. The number of carbonyl (C=O) groups is 5. The molecule has 1 aliphatic carbocycles. The number of nitrogens with one attached hydrogen (secondary N) is 2. The number of ether oxygens (including phenoxy) is 2. The first kappa shape index (κ1) is 42.8. The Kier molecular flexibility index (Phi) is 13.4. The Morgan fingerprint density at radius 1 is 0.815 bits per heavy atom. The summed E-state index contributed by atoms with van der Waals surface area (Å²) in [7, 11) is 0. The van der Waals surface area contributed by atoms with E-state index in [0.717, 1.165) is 32.1 Å². The van der Waals surface area contributed by atoms with Crippen molar-refractivity contribution < 1.29 is 37.8 Å². The molecule has 2 heterocycles. The molecule has 3 atom stereocenters. The zero-order valence-electron chi connectivity index (χ0n) is 34.2. The van der Waals surface area contributed by atoms with Gasteiger partial charge in [0.15, 0.2) is 0 Å². The molecule has 302 valence electrons. The minimum Gasteiger partial charge on any atom is -0.444 e. The number of rotatable bonds is 7. The first-order valence-electron chi connectivity index (χ1n) is 19.6. The van der Waals surface area contributed by atoms with Crippen molar-refractivity contribution in [3.63, 3.8) is 0 Å². The van der Waals surface area contributed by atoms with Gasteiger partial charge >= 0.3 is 12.2 Å². The highest BCUT2D eigenvalue weighted by Gasteiger charge is 2.50. The molecule has 0 radical (unpaired) electrons. The molecule has 5 amide bonds. The number of hydrogen-bond acceptors (Lipinski definition) is 7. The summed E-state index contributed by atoms with van der Waals surface area (Å²) in [5, 5.41) is 6.16. The van der Waals surface area contributed by atoms with E-state index in [2.05, 4.69) is 10.6 Å². The van der Waals surface area contributed by atoms with Crippen LogP contribution in [0.15, 0.2) is 24.3 Å². The molecular formula is C41H64FN5O7. The van der Waals surface area contributed by atoms with Crippen LogP contribution in [0.2, 0.25) is 0 Å². The summed E-state index contributed by atoms with van der Waals surface area (Å²) in [5.74, 6) is -1.15. The number of amides is 5. The molecule has 2 N–H and O–H groups in total. The van der Waals surface area contributed by atoms with E-state index in [0.29, 0.717) is 31.5 Å². The Morgan fingerprint density at radius 3 is 1.87 bits per heavy atom. The number of benzene rings is 1. The fourth-order valence-corrected chi connectivity index (χ4v) is 7.91. The number of halogens is 1. The SMILES string of the molecule is CC1CN(C(=O)OC(C)(C)C)C(C(=O)N[C@H](Cc2ccc(F)cc2)C(=O)N2CCC(C(=O)NC(C)(C)C)(C3CCCCC3)CC2)CN1C(=O)OC(C)(C)C. The molecule has 3 aliphatic rings. The van der Waals surface area contributed by atoms with Crippen molar-refractivity contribution in [2.24, 2.45) is 11.3 Å². The average molecular weight is 758 g/mol. The molecule has 4 rings (SSSR count). The summed E-state index contributed by atoms with van der Waals surface area (Å²) in [6.45, 7) is 18.6. The topological polar surface area (TPSA) is 138 Å². The van der Waals surface area contributed by atoms with E-state index in [1.54, 1.807) is 65.5 Å². The van der Waals surface area contributed by atoms with Crippen LogP contribution in [0.5, 0.6) is 0 Å². The smallest absolute Gasteiger partial charge is 0.411 e. The van der Waals surface area contributed by atoms with Crippen LogP contribution in [0, 0.1) is 17.2 Å². The lowest BCUT2D eigenvalue weighted by molar-refractivity contribution is -0.147. The summed E-state index contributed by atoms with van der Waals surface area (Å²) >= 11 is 0. The highest BCUT2D eigenvalue weighted by atomic mass is 19.1. The second-order valence-corrected chi connectivity index (χ2v) is 18.5. The molecule has 12 nitrogen and oxygen atoms in total. The maximum Gasteiger partial charge on any atom is 0.411 e. The predicted octanol–water partition coefficient (Wildman–Crippen LogP) is 6.20. The lowest BCUT2D eigenvalue weighted by Crippen LogP contribution is -2.66. The van der Waals surface area contributed by atoms with Crippen molar-refractivity contribution in [3.8, 4) is 0 Å². The summed E-state index contributed by atoms with van der Waals surface area (Å²) in [5.41, 5.74) is -2.02. The van der Waals surface area contributed by atoms with Crippen LogP contribution in [0.1, 0.15) is 120 Å². The van der Waals surface area contributed by atoms with E-state index in [9.17, 15) is 28.4 Å². The molecule has 2 saturated heterocycles. The van der Waals surface area contributed by atoms with Crippen molar-refractivity contribution in [2.75, 3.05) is 26.2 Å². The highest BCUT2D eigenvalue weighted by molar-refractivity contribution is 5.92. The van der Waals surface area contributed by atoms with Crippen LogP contribution in [-0.2, 0) is 30.3 Å². The Labute approximate surface area is 321 Å². The van der Waals surface area contributed by atoms with Gasteiger partial charge < -0.3 is 29.9 Å². The van der Waals surface area contributed by atoms with Crippen LogP contribution in [0.3, 0.4) is 0 Å². The van der Waals surface area contributed by atoms with E-state index in [1.165, 1.54) is 21.9 Å². The van der Waals surface area contributed by atoms with Gasteiger partial charge in [0.25, 0.3) is 0 Å². The molecule has 2 unspecified atom stereocenters. The first-order chi connectivity index (χ1) is 25.0. The molecular weight excluding hydrogens is 693 g/mol. The third-order valence-electron chi connectivity index (χ3n) is 10.6. The van der Waals surface area contributed by atoms with Crippen LogP contribution >= 0.6 is 0 Å². The van der Waals surface area contributed by atoms with Crippen molar-refractivity contribution in [2.45, 2.75) is 155 Å².